The van der Waals surface area contributed by atoms with E-state index in [-0.39, 0.29) is 24.8 Å². The molecular formula is C23H32Cl2N2O. The van der Waals surface area contributed by atoms with Crippen LogP contribution in [0.1, 0.15) is 46.6 Å². The zero-order valence-corrected chi connectivity index (χ0v) is 18.5. The molecule has 0 saturated heterocycles. The quantitative estimate of drug-likeness (QED) is 0.727. The molecule has 28 heavy (non-hydrogen) atoms. The highest BCUT2D eigenvalue weighted by molar-refractivity contribution is 5.85. The van der Waals surface area contributed by atoms with E-state index >= 15 is 0 Å². The van der Waals surface area contributed by atoms with E-state index in [1.165, 1.54) is 40.7 Å². The van der Waals surface area contributed by atoms with Crippen LogP contribution in [0, 0.1) is 0 Å². The van der Waals surface area contributed by atoms with Gasteiger partial charge < -0.3 is 15.0 Å². The second kappa shape index (κ2) is 10.5. The normalized spacial score (nSPS) is 17.3. The van der Waals surface area contributed by atoms with Crippen LogP contribution in [0.3, 0.4) is 0 Å². The van der Waals surface area contributed by atoms with E-state index in [0.717, 1.165) is 44.8 Å². The Bertz CT molecular complexity index is 781. The Hall–Kier alpha value is -1.26. The summed E-state index contributed by atoms with van der Waals surface area (Å²) in [5.74, 6) is 1.70. The van der Waals surface area contributed by atoms with Gasteiger partial charge in [-0.05, 0) is 72.5 Å². The zero-order chi connectivity index (χ0) is 17.9. The van der Waals surface area contributed by atoms with Gasteiger partial charge in [-0.3, -0.25) is 0 Å². The number of likely N-dealkylation sites (N-methyl/N-ethyl adjacent to an activating group) is 1. The zero-order valence-electron chi connectivity index (χ0n) is 16.9. The number of ether oxygens (including phenoxy) is 1. The summed E-state index contributed by atoms with van der Waals surface area (Å²) in [4.78, 5) is 2.50. The number of rotatable bonds is 6. The molecule has 1 aliphatic heterocycles. The first-order valence-electron chi connectivity index (χ1n) is 9.90. The average Bonchev–Trinajstić information content (AvgIpc) is 3.14. The highest BCUT2D eigenvalue weighted by Gasteiger charge is 2.23. The van der Waals surface area contributed by atoms with Crippen LogP contribution in [0.15, 0.2) is 36.4 Å². The number of hydrogen-bond donors (Lipinski definition) is 1. The molecule has 0 aromatic heterocycles. The topological polar surface area (TPSA) is 24.5 Å². The van der Waals surface area contributed by atoms with Crippen LogP contribution in [0.2, 0.25) is 0 Å². The van der Waals surface area contributed by atoms with Gasteiger partial charge in [0, 0.05) is 26.2 Å². The van der Waals surface area contributed by atoms with Gasteiger partial charge in [0.05, 0.1) is 7.11 Å². The molecule has 5 heteroatoms. The second-order valence-corrected chi connectivity index (χ2v) is 7.84. The van der Waals surface area contributed by atoms with Crippen molar-refractivity contribution in [1.82, 2.24) is 10.2 Å². The molecule has 0 saturated carbocycles. The first-order chi connectivity index (χ1) is 12.7. The summed E-state index contributed by atoms with van der Waals surface area (Å²) in [6.07, 6.45) is 4.84. The molecule has 4 rings (SSSR count). The van der Waals surface area contributed by atoms with Crippen molar-refractivity contribution in [3.8, 4) is 5.75 Å². The molecule has 2 aliphatic rings. The molecule has 1 N–H and O–H groups in total. The fraction of sp³-hybridized carbons (Fsp3) is 0.478. The summed E-state index contributed by atoms with van der Waals surface area (Å²) in [6.45, 7) is 4.30. The molecule has 3 nitrogen and oxygen atoms in total. The predicted molar refractivity (Wildman–Crippen MR) is 121 cm³/mol. The fourth-order valence-electron chi connectivity index (χ4n) is 4.59. The van der Waals surface area contributed by atoms with Crippen molar-refractivity contribution >= 4 is 24.8 Å². The van der Waals surface area contributed by atoms with Crippen molar-refractivity contribution in [3.05, 3.63) is 64.2 Å². The van der Waals surface area contributed by atoms with Crippen molar-refractivity contribution < 1.29 is 4.74 Å². The number of halogens is 2. The summed E-state index contributed by atoms with van der Waals surface area (Å²) in [6, 6.07) is 13.6. The van der Waals surface area contributed by atoms with E-state index in [0.29, 0.717) is 5.92 Å². The van der Waals surface area contributed by atoms with Crippen molar-refractivity contribution in [2.24, 2.45) is 0 Å². The molecule has 1 heterocycles. The fourth-order valence-corrected chi connectivity index (χ4v) is 4.59. The molecule has 1 unspecified atom stereocenters. The summed E-state index contributed by atoms with van der Waals surface area (Å²) in [5, 5.41) is 3.43. The Balaban J connectivity index is 0.00000140. The number of nitrogens with zero attached hydrogens (tertiary/aromatic N) is 1. The maximum absolute atomic E-state index is 5.59. The van der Waals surface area contributed by atoms with Crippen molar-refractivity contribution in [2.45, 2.75) is 44.7 Å². The van der Waals surface area contributed by atoms with Gasteiger partial charge in [0.25, 0.3) is 0 Å². The van der Waals surface area contributed by atoms with Gasteiger partial charge in [-0.1, -0.05) is 30.3 Å². The van der Waals surface area contributed by atoms with E-state index in [1.807, 2.05) is 0 Å². The lowest BCUT2D eigenvalue weighted by molar-refractivity contribution is 0.299. The first-order valence-corrected chi connectivity index (χ1v) is 9.90. The van der Waals surface area contributed by atoms with Crippen LogP contribution in [-0.2, 0) is 25.9 Å². The molecule has 0 spiro atoms. The lowest BCUT2D eigenvalue weighted by Gasteiger charge is -2.30. The van der Waals surface area contributed by atoms with Crippen molar-refractivity contribution in [1.29, 1.82) is 0 Å². The van der Waals surface area contributed by atoms with Crippen LogP contribution < -0.4 is 10.1 Å². The summed E-state index contributed by atoms with van der Waals surface area (Å²) >= 11 is 0. The van der Waals surface area contributed by atoms with Gasteiger partial charge in [0.2, 0.25) is 0 Å². The van der Waals surface area contributed by atoms with Gasteiger partial charge >= 0.3 is 0 Å². The standard InChI is InChI=1S/C23H30N2O.2ClH/c1-25(12-11-17-9-10-18-14-24-15-20(18)13-17)16-19-5-3-7-22-21(19)6-4-8-23(22)26-2;;/h4,6,8-10,13,19,24H,3,5,7,11-12,14-16H2,1-2H3;2*1H. The molecule has 154 valence electrons. The molecule has 0 amide bonds. The number of methoxy groups -OCH3 is 1. The largest absolute Gasteiger partial charge is 0.496 e. The third-order valence-corrected chi connectivity index (χ3v) is 6.02. The van der Waals surface area contributed by atoms with E-state index < -0.39 is 0 Å². The minimum Gasteiger partial charge on any atom is -0.496 e. The van der Waals surface area contributed by atoms with Crippen molar-refractivity contribution in [3.63, 3.8) is 0 Å². The van der Waals surface area contributed by atoms with E-state index in [9.17, 15) is 0 Å². The Morgan fingerprint density at radius 2 is 1.93 bits per heavy atom. The molecule has 2 aromatic carbocycles. The van der Waals surface area contributed by atoms with E-state index in [2.05, 4.69) is 53.7 Å². The van der Waals surface area contributed by atoms with Crippen LogP contribution in [0.5, 0.6) is 5.75 Å². The molecule has 1 atom stereocenters. The van der Waals surface area contributed by atoms with Crippen molar-refractivity contribution in [2.75, 3.05) is 27.2 Å². The maximum atomic E-state index is 5.59. The average molecular weight is 423 g/mol. The molecule has 1 aliphatic carbocycles. The number of benzene rings is 2. The Morgan fingerprint density at radius 1 is 1.11 bits per heavy atom. The van der Waals surface area contributed by atoms with Gasteiger partial charge in [-0.25, -0.2) is 0 Å². The molecule has 0 bridgehead atoms. The Labute approximate surface area is 181 Å². The Morgan fingerprint density at radius 3 is 2.75 bits per heavy atom. The van der Waals surface area contributed by atoms with E-state index in [4.69, 9.17) is 4.74 Å². The van der Waals surface area contributed by atoms with Crippen LogP contribution >= 0.6 is 24.8 Å². The number of nitrogens with one attached hydrogen (secondary N) is 1. The molecule has 0 fully saturated rings. The molecule has 0 radical (unpaired) electrons. The first kappa shape index (κ1) is 23.0. The van der Waals surface area contributed by atoms with Crippen LogP contribution in [-0.4, -0.2) is 32.1 Å². The molecule has 2 aromatic rings. The maximum Gasteiger partial charge on any atom is 0.122 e. The monoisotopic (exact) mass is 422 g/mol. The smallest absolute Gasteiger partial charge is 0.122 e. The number of fused-ring (bicyclic) bond motifs is 2. The lowest BCUT2D eigenvalue weighted by Crippen LogP contribution is -2.28. The van der Waals surface area contributed by atoms with Gasteiger partial charge in [0.15, 0.2) is 0 Å². The molecular weight excluding hydrogens is 391 g/mol. The van der Waals surface area contributed by atoms with Gasteiger partial charge in [-0.15, -0.1) is 24.8 Å². The minimum absolute atomic E-state index is 0. The lowest BCUT2D eigenvalue weighted by atomic mass is 9.82. The SMILES string of the molecule is COc1cccc2c1CCCC2CN(C)CCc1ccc2c(c1)CNC2.Cl.Cl. The minimum atomic E-state index is 0. The third kappa shape index (κ3) is 5.01. The summed E-state index contributed by atoms with van der Waals surface area (Å²) in [5.41, 5.74) is 7.36. The van der Waals surface area contributed by atoms with E-state index in [1.54, 1.807) is 7.11 Å². The Kier molecular flexibility index (Phi) is 8.63. The predicted octanol–water partition coefficient (Wildman–Crippen LogP) is 4.74. The third-order valence-electron chi connectivity index (χ3n) is 6.02. The summed E-state index contributed by atoms with van der Waals surface area (Å²) < 4.78 is 5.59. The van der Waals surface area contributed by atoms with Gasteiger partial charge in [-0.2, -0.15) is 0 Å². The second-order valence-electron chi connectivity index (χ2n) is 7.84. The summed E-state index contributed by atoms with van der Waals surface area (Å²) in [7, 11) is 4.06. The highest BCUT2D eigenvalue weighted by atomic mass is 35.5. The van der Waals surface area contributed by atoms with Crippen LogP contribution in [0.4, 0.5) is 0 Å². The van der Waals surface area contributed by atoms with Gasteiger partial charge in [0.1, 0.15) is 5.75 Å². The number of hydrogen-bond acceptors (Lipinski definition) is 3. The highest BCUT2D eigenvalue weighted by Crippen LogP contribution is 2.36. The van der Waals surface area contributed by atoms with Crippen LogP contribution in [0.25, 0.3) is 0 Å².